The zero-order chi connectivity index (χ0) is 12.3. The molecule has 0 radical (unpaired) electrons. The second-order valence-electron chi connectivity index (χ2n) is 4.80. The van der Waals surface area contributed by atoms with Gasteiger partial charge in [-0.15, -0.1) is 0 Å². The molecule has 1 saturated heterocycles. The Morgan fingerprint density at radius 1 is 1.41 bits per heavy atom. The van der Waals surface area contributed by atoms with Gasteiger partial charge in [0.1, 0.15) is 0 Å². The first-order chi connectivity index (χ1) is 8.22. The normalized spacial score (nSPS) is 24.8. The van der Waals surface area contributed by atoms with Crippen LogP contribution in [0.15, 0.2) is 24.5 Å². The molecule has 0 amide bonds. The second-order valence-corrected chi connectivity index (χ2v) is 4.80. The first-order valence-electron chi connectivity index (χ1n) is 6.17. The number of hydrogen-bond donors (Lipinski definition) is 1. The molecule has 1 aromatic rings. The van der Waals surface area contributed by atoms with Crippen LogP contribution in [0.2, 0.25) is 0 Å². The van der Waals surface area contributed by atoms with E-state index in [1.165, 1.54) is 0 Å². The van der Waals surface area contributed by atoms with Crippen molar-refractivity contribution >= 4 is 0 Å². The lowest BCUT2D eigenvalue weighted by molar-refractivity contribution is 0.0463. The summed E-state index contributed by atoms with van der Waals surface area (Å²) >= 11 is 0. The predicted octanol–water partition coefficient (Wildman–Crippen LogP) is 0.751. The van der Waals surface area contributed by atoms with Crippen LogP contribution in [0, 0.1) is 0 Å². The zero-order valence-corrected chi connectivity index (χ0v) is 10.6. The van der Waals surface area contributed by atoms with Crippen molar-refractivity contribution in [2.45, 2.75) is 19.0 Å². The van der Waals surface area contributed by atoms with Crippen molar-refractivity contribution in [1.82, 2.24) is 14.8 Å². The van der Waals surface area contributed by atoms with Gasteiger partial charge in [0.15, 0.2) is 0 Å². The third-order valence-corrected chi connectivity index (χ3v) is 3.70. The molecule has 1 N–H and O–H groups in total. The molecule has 1 aliphatic heterocycles. The topological polar surface area (TPSA) is 39.6 Å². The van der Waals surface area contributed by atoms with E-state index >= 15 is 0 Å². The number of pyridine rings is 1. The number of aliphatic hydroxyl groups excluding tert-OH is 1. The molecule has 1 aliphatic rings. The van der Waals surface area contributed by atoms with E-state index < -0.39 is 0 Å². The molecule has 0 bridgehead atoms. The molecule has 1 aromatic heterocycles. The summed E-state index contributed by atoms with van der Waals surface area (Å²) in [6.45, 7) is 5.47. The van der Waals surface area contributed by atoms with Crippen molar-refractivity contribution in [1.29, 1.82) is 0 Å². The van der Waals surface area contributed by atoms with Crippen molar-refractivity contribution in [2.75, 3.05) is 33.3 Å². The van der Waals surface area contributed by atoms with Crippen LogP contribution in [0.4, 0.5) is 0 Å². The van der Waals surface area contributed by atoms with Crippen LogP contribution >= 0.6 is 0 Å². The summed E-state index contributed by atoms with van der Waals surface area (Å²) in [6.07, 6.45) is 3.58. The average molecular weight is 235 g/mol. The highest BCUT2D eigenvalue weighted by atomic mass is 16.3. The maximum absolute atomic E-state index is 9.61. The van der Waals surface area contributed by atoms with E-state index in [1.807, 2.05) is 12.1 Å². The summed E-state index contributed by atoms with van der Waals surface area (Å²) < 4.78 is 0. The van der Waals surface area contributed by atoms with Crippen molar-refractivity contribution in [3.05, 3.63) is 30.1 Å². The van der Waals surface area contributed by atoms with Crippen LogP contribution in [0.3, 0.4) is 0 Å². The van der Waals surface area contributed by atoms with E-state index in [0.717, 1.165) is 25.2 Å². The van der Waals surface area contributed by atoms with Crippen molar-refractivity contribution in [3.8, 4) is 0 Å². The minimum absolute atomic E-state index is 0.106. The van der Waals surface area contributed by atoms with Gasteiger partial charge in [-0.05, 0) is 31.7 Å². The Labute approximate surface area is 103 Å². The van der Waals surface area contributed by atoms with E-state index in [9.17, 15) is 5.11 Å². The standard InChI is InChI=1S/C13H21N3O/c1-11-9-16(8-7-15(11)2)13(10-17)12-3-5-14-6-4-12/h3-6,11,13,17H,7-10H2,1-2H3. The van der Waals surface area contributed by atoms with Gasteiger partial charge in [0.05, 0.1) is 12.6 Å². The van der Waals surface area contributed by atoms with Gasteiger partial charge in [-0.3, -0.25) is 9.88 Å². The Balaban J connectivity index is 2.09. The average Bonchev–Trinajstić information content (AvgIpc) is 2.36. The minimum Gasteiger partial charge on any atom is -0.394 e. The largest absolute Gasteiger partial charge is 0.394 e. The summed E-state index contributed by atoms with van der Waals surface area (Å²) in [5, 5.41) is 9.61. The van der Waals surface area contributed by atoms with Crippen LogP contribution in [-0.2, 0) is 0 Å². The van der Waals surface area contributed by atoms with Gasteiger partial charge in [0, 0.05) is 38.1 Å². The molecule has 4 heteroatoms. The Hall–Kier alpha value is -0.970. The highest BCUT2D eigenvalue weighted by molar-refractivity contribution is 5.15. The molecule has 2 heterocycles. The molecule has 17 heavy (non-hydrogen) atoms. The SMILES string of the molecule is CC1CN(C(CO)c2ccncc2)CCN1C. The third kappa shape index (κ3) is 2.83. The number of hydrogen-bond acceptors (Lipinski definition) is 4. The lowest BCUT2D eigenvalue weighted by Gasteiger charge is -2.41. The van der Waals surface area contributed by atoms with Gasteiger partial charge < -0.3 is 10.0 Å². The van der Waals surface area contributed by atoms with Gasteiger partial charge in [-0.25, -0.2) is 0 Å². The van der Waals surface area contributed by atoms with Crippen molar-refractivity contribution < 1.29 is 5.11 Å². The highest BCUT2D eigenvalue weighted by Crippen LogP contribution is 2.22. The van der Waals surface area contributed by atoms with E-state index in [0.29, 0.717) is 6.04 Å². The predicted molar refractivity (Wildman–Crippen MR) is 67.7 cm³/mol. The Kier molecular flexibility index (Phi) is 4.10. The molecule has 4 nitrogen and oxygen atoms in total. The Morgan fingerprint density at radius 3 is 2.71 bits per heavy atom. The van der Waals surface area contributed by atoms with Crippen LogP contribution in [-0.4, -0.2) is 59.2 Å². The summed E-state index contributed by atoms with van der Waals surface area (Å²) in [5.41, 5.74) is 1.15. The van der Waals surface area contributed by atoms with Gasteiger partial charge in [-0.1, -0.05) is 0 Å². The maximum Gasteiger partial charge on any atom is 0.0628 e. The summed E-state index contributed by atoms with van der Waals surface area (Å²) in [4.78, 5) is 8.75. The van der Waals surface area contributed by atoms with Crippen LogP contribution in [0.1, 0.15) is 18.5 Å². The molecule has 2 rings (SSSR count). The molecule has 0 aromatic carbocycles. The van der Waals surface area contributed by atoms with Crippen LogP contribution < -0.4 is 0 Å². The molecule has 94 valence electrons. The molecule has 2 unspecified atom stereocenters. The fraction of sp³-hybridized carbons (Fsp3) is 0.615. The van der Waals surface area contributed by atoms with Gasteiger partial charge in [0.2, 0.25) is 0 Å². The monoisotopic (exact) mass is 235 g/mol. The fourth-order valence-electron chi connectivity index (χ4n) is 2.38. The molecular weight excluding hydrogens is 214 g/mol. The van der Waals surface area contributed by atoms with Gasteiger partial charge in [-0.2, -0.15) is 0 Å². The molecule has 0 spiro atoms. The molecule has 1 fully saturated rings. The number of rotatable bonds is 3. The highest BCUT2D eigenvalue weighted by Gasteiger charge is 2.26. The number of piperazine rings is 1. The first kappa shape index (κ1) is 12.5. The number of likely N-dealkylation sites (N-methyl/N-ethyl adjacent to an activating group) is 1. The molecule has 0 saturated carbocycles. The van der Waals surface area contributed by atoms with Gasteiger partial charge >= 0.3 is 0 Å². The lowest BCUT2D eigenvalue weighted by Crippen LogP contribution is -2.51. The zero-order valence-electron chi connectivity index (χ0n) is 10.6. The molecule has 0 aliphatic carbocycles. The smallest absolute Gasteiger partial charge is 0.0628 e. The van der Waals surface area contributed by atoms with Crippen molar-refractivity contribution in [2.24, 2.45) is 0 Å². The van der Waals surface area contributed by atoms with Crippen molar-refractivity contribution in [3.63, 3.8) is 0 Å². The van der Waals surface area contributed by atoms with Crippen LogP contribution in [0.25, 0.3) is 0 Å². The van der Waals surface area contributed by atoms with Crippen LogP contribution in [0.5, 0.6) is 0 Å². The summed E-state index contributed by atoms with van der Waals surface area (Å²) in [7, 11) is 2.16. The number of aliphatic hydroxyl groups is 1. The summed E-state index contributed by atoms with van der Waals surface area (Å²) in [5.74, 6) is 0. The third-order valence-electron chi connectivity index (χ3n) is 3.70. The van der Waals surface area contributed by atoms with E-state index in [-0.39, 0.29) is 12.6 Å². The number of aromatic nitrogens is 1. The Bertz CT molecular complexity index is 344. The molecule has 2 atom stereocenters. The maximum atomic E-state index is 9.61. The molecular formula is C13H21N3O. The first-order valence-corrected chi connectivity index (χ1v) is 6.17. The second kappa shape index (κ2) is 5.58. The van der Waals surface area contributed by atoms with E-state index in [2.05, 4.69) is 28.8 Å². The fourth-order valence-corrected chi connectivity index (χ4v) is 2.38. The Morgan fingerprint density at radius 2 is 2.12 bits per heavy atom. The van der Waals surface area contributed by atoms with Gasteiger partial charge in [0.25, 0.3) is 0 Å². The quantitative estimate of drug-likeness (QED) is 0.839. The lowest BCUT2D eigenvalue weighted by atomic mass is 10.1. The van der Waals surface area contributed by atoms with E-state index in [1.54, 1.807) is 12.4 Å². The summed E-state index contributed by atoms with van der Waals surface area (Å²) in [6, 6.07) is 4.63. The van der Waals surface area contributed by atoms with E-state index in [4.69, 9.17) is 0 Å². The number of nitrogens with zero attached hydrogens (tertiary/aromatic N) is 3. The minimum atomic E-state index is 0.106.